The first-order valence-corrected chi connectivity index (χ1v) is 7.97. The van der Waals surface area contributed by atoms with Crippen LogP contribution in [0.15, 0.2) is 42.5 Å². The van der Waals surface area contributed by atoms with Gasteiger partial charge >= 0.3 is 0 Å². The number of nitrogens with one attached hydrogen (secondary N) is 1. The maximum absolute atomic E-state index is 13.2. The third kappa shape index (κ3) is 3.66. The van der Waals surface area contributed by atoms with Gasteiger partial charge in [-0.3, -0.25) is 19.8 Å². The number of nitro benzene ring substituents is 1. The van der Waals surface area contributed by atoms with E-state index in [4.69, 9.17) is 0 Å². The molecule has 1 unspecified atom stereocenters. The van der Waals surface area contributed by atoms with Crippen LogP contribution in [0.3, 0.4) is 0 Å². The molecule has 1 N–H and O–H groups in total. The van der Waals surface area contributed by atoms with Crippen LogP contribution in [0.5, 0.6) is 0 Å². The SMILES string of the molecule is CN(CC(=O)Nc1ccc(F)cc1[N+](=O)[O-])C1CCc2ccccc21. The van der Waals surface area contributed by atoms with Crippen LogP contribution in [0, 0.1) is 15.9 Å². The van der Waals surface area contributed by atoms with Crippen LogP contribution >= 0.6 is 0 Å². The van der Waals surface area contributed by atoms with Crippen molar-refractivity contribution in [3.8, 4) is 0 Å². The predicted octanol–water partition coefficient (Wildman–Crippen LogP) is 3.29. The second-order valence-corrected chi connectivity index (χ2v) is 6.14. The lowest BCUT2D eigenvalue weighted by Gasteiger charge is -2.24. The number of hydrogen-bond donors (Lipinski definition) is 1. The van der Waals surface area contributed by atoms with Gasteiger partial charge in [0.05, 0.1) is 17.5 Å². The first-order chi connectivity index (χ1) is 12.0. The molecule has 6 nitrogen and oxygen atoms in total. The molecular formula is C18H18FN3O3. The Morgan fingerprint density at radius 1 is 1.36 bits per heavy atom. The van der Waals surface area contributed by atoms with Crippen molar-refractivity contribution < 1.29 is 14.1 Å². The van der Waals surface area contributed by atoms with Gasteiger partial charge in [-0.25, -0.2) is 4.39 Å². The summed E-state index contributed by atoms with van der Waals surface area (Å²) in [6.45, 7) is 0.0908. The van der Waals surface area contributed by atoms with E-state index in [2.05, 4.69) is 17.4 Å². The standard InChI is InChI=1S/C18H18FN3O3/c1-21(16-9-6-12-4-2-3-5-14(12)16)11-18(23)20-15-8-7-13(19)10-17(15)22(24)25/h2-5,7-8,10,16H,6,9,11H2,1H3,(H,20,23). The number of aryl methyl sites for hydroxylation is 1. The number of nitro groups is 1. The highest BCUT2D eigenvalue weighted by Crippen LogP contribution is 2.34. The number of carbonyl (C=O) groups excluding carboxylic acids is 1. The average molecular weight is 343 g/mol. The normalized spacial score (nSPS) is 15.9. The Hall–Kier alpha value is -2.80. The third-order valence-electron chi connectivity index (χ3n) is 4.46. The second-order valence-electron chi connectivity index (χ2n) is 6.14. The molecule has 0 saturated heterocycles. The van der Waals surface area contributed by atoms with Crippen LogP contribution in [-0.4, -0.2) is 29.3 Å². The first-order valence-electron chi connectivity index (χ1n) is 7.97. The van der Waals surface area contributed by atoms with Crippen molar-refractivity contribution in [2.45, 2.75) is 18.9 Å². The molecule has 2 aromatic carbocycles. The molecule has 25 heavy (non-hydrogen) atoms. The van der Waals surface area contributed by atoms with Crippen molar-refractivity contribution in [2.24, 2.45) is 0 Å². The number of nitrogens with zero attached hydrogens (tertiary/aromatic N) is 2. The van der Waals surface area contributed by atoms with E-state index in [9.17, 15) is 19.3 Å². The van der Waals surface area contributed by atoms with Gasteiger partial charge in [-0.1, -0.05) is 24.3 Å². The number of rotatable bonds is 5. The summed E-state index contributed by atoms with van der Waals surface area (Å²) in [6, 6.07) is 11.4. The fourth-order valence-electron chi connectivity index (χ4n) is 3.28. The summed E-state index contributed by atoms with van der Waals surface area (Å²) in [5, 5.41) is 13.5. The Balaban J connectivity index is 1.69. The van der Waals surface area contributed by atoms with E-state index >= 15 is 0 Å². The molecule has 0 aromatic heterocycles. The van der Waals surface area contributed by atoms with Gasteiger partial charge in [0.25, 0.3) is 5.69 Å². The fourth-order valence-corrected chi connectivity index (χ4v) is 3.28. The number of halogens is 1. The molecule has 0 bridgehead atoms. The van der Waals surface area contributed by atoms with E-state index in [1.807, 2.05) is 24.1 Å². The van der Waals surface area contributed by atoms with Gasteiger partial charge in [-0.05, 0) is 43.1 Å². The van der Waals surface area contributed by atoms with Crippen LogP contribution in [0.4, 0.5) is 15.8 Å². The van der Waals surface area contributed by atoms with E-state index in [1.54, 1.807) is 0 Å². The van der Waals surface area contributed by atoms with Crippen LogP contribution < -0.4 is 5.32 Å². The molecule has 0 radical (unpaired) electrons. The van der Waals surface area contributed by atoms with Crippen LogP contribution in [0.1, 0.15) is 23.6 Å². The number of amides is 1. The molecule has 0 aliphatic heterocycles. The largest absolute Gasteiger partial charge is 0.319 e. The summed E-state index contributed by atoms with van der Waals surface area (Å²) in [4.78, 5) is 24.5. The van der Waals surface area contributed by atoms with Gasteiger partial charge in [-0.15, -0.1) is 0 Å². The van der Waals surface area contributed by atoms with Crippen molar-refractivity contribution in [1.29, 1.82) is 0 Å². The third-order valence-corrected chi connectivity index (χ3v) is 4.46. The van der Waals surface area contributed by atoms with Crippen molar-refractivity contribution in [1.82, 2.24) is 4.90 Å². The Morgan fingerprint density at radius 3 is 2.88 bits per heavy atom. The van der Waals surface area contributed by atoms with E-state index in [0.29, 0.717) is 0 Å². The van der Waals surface area contributed by atoms with Gasteiger partial charge in [0, 0.05) is 6.04 Å². The quantitative estimate of drug-likeness (QED) is 0.668. The minimum atomic E-state index is -0.718. The molecule has 0 fully saturated rings. The monoisotopic (exact) mass is 343 g/mol. The highest BCUT2D eigenvalue weighted by molar-refractivity contribution is 5.94. The molecule has 0 spiro atoms. The second kappa shape index (κ2) is 6.98. The summed E-state index contributed by atoms with van der Waals surface area (Å²) >= 11 is 0. The van der Waals surface area contributed by atoms with Gasteiger partial charge in [0.1, 0.15) is 11.5 Å². The van der Waals surface area contributed by atoms with Crippen molar-refractivity contribution in [3.05, 3.63) is 69.5 Å². The Morgan fingerprint density at radius 2 is 2.12 bits per heavy atom. The highest BCUT2D eigenvalue weighted by atomic mass is 19.1. The van der Waals surface area contributed by atoms with Crippen LogP contribution in [-0.2, 0) is 11.2 Å². The van der Waals surface area contributed by atoms with Gasteiger partial charge in [-0.2, -0.15) is 0 Å². The molecule has 130 valence electrons. The molecule has 1 atom stereocenters. The maximum Gasteiger partial charge on any atom is 0.295 e. The van der Waals surface area contributed by atoms with Crippen molar-refractivity contribution in [2.75, 3.05) is 18.9 Å². The lowest BCUT2D eigenvalue weighted by Crippen LogP contribution is -2.32. The Kier molecular flexibility index (Phi) is 4.76. The number of fused-ring (bicyclic) bond motifs is 1. The molecule has 1 amide bonds. The number of carbonyl (C=O) groups is 1. The van der Waals surface area contributed by atoms with Gasteiger partial charge < -0.3 is 5.32 Å². The summed E-state index contributed by atoms with van der Waals surface area (Å²) in [5.41, 5.74) is 2.04. The number of anilines is 1. The predicted molar refractivity (Wildman–Crippen MR) is 91.8 cm³/mol. The molecule has 7 heteroatoms. The minimum absolute atomic E-state index is 0.00313. The zero-order valence-corrected chi connectivity index (χ0v) is 13.7. The zero-order chi connectivity index (χ0) is 18.0. The maximum atomic E-state index is 13.2. The molecule has 3 rings (SSSR count). The highest BCUT2D eigenvalue weighted by Gasteiger charge is 2.27. The fraction of sp³-hybridized carbons (Fsp3) is 0.278. The Bertz CT molecular complexity index is 825. The summed E-state index contributed by atoms with van der Waals surface area (Å²) < 4.78 is 13.2. The van der Waals surface area contributed by atoms with Crippen molar-refractivity contribution >= 4 is 17.3 Å². The molecular weight excluding hydrogens is 325 g/mol. The molecule has 2 aromatic rings. The molecule has 0 saturated carbocycles. The minimum Gasteiger partial charge on any atom is -0.319 e. The summed E-state index contributed by atoms with van der Waals surface area (Å²) in [5.74, 6) is -1.09. The number of benzene rings is 2. The van der Waals surface area contributed by atoms with E-state index in [1.165, 1.54) is 17.2 Å². The molecule has 0 heterocycles. The Labute approximate surface area is 144 Å². The molecule has 1 aliphatic carbocycles. The topological polar surface area (TPSA) is 75.5 Å². The van der Waals surface area contributed by atoms with E-state index < -0.39 is 16.4 Å². The van der Waals surface area contributed by atoms with Gasteiger partial charge in [0.2, 0.25) is 5.91 Å². The molecule has 1 aliphatic rings. The van der Waals surface area contributed by atoms with E-state index in [0.717, 1.165) is 25.0 Å². The smallest absolute Gasteiger partial charge is 0.295 e. The number of hydrogen-bond acceptors (Lipinski definition) is 4. The van der Waals surface area contributed by atoms with Crippen LogP contribution in [0.25, 0.3) is 0 Å². The lowest BCUT2D eigenvalue weighted by molar-refractivity contribution is -0.384. The number of likely N-dealkylation sites (N-methyl/N-ethyl adjacent to an activating group) is 1. The summed E-state index contributed by atoms with van der Waals surface area (Å²) in [6.07, 6.45) is 1.90. The van der Waals surface area contributed by atoms with Crippen molar-refractivity contribution in [3.63, 3.8) is 0 Å². The van der Waals surface area contributed by atoms with Gasteiger partial charge in [0.15, 0.2) is 0 Å². The summed E-state index contributed by atoms with van der Waals surface area (Å²) in [7, 11) is 1.85. The van der Waals surface area contributed by atoms with Crippen LogP contribution in [0.2, 0.25) is 0 Å². The first kappa shape index (κ1) is 17.0. The lowest BCUT2D eigenvalue weighted by atomic mass is 10.1. The average Bonchev–Trinajstić information content (AvgIpc) is 3.00. The van der Waals surface area contributed by atoms with E-state index in [-0.39, 0.29) is 24.2 Å². The zero-order valence-electron chi connectivity index (χ0n) is 13.7.